The van der Waals surface area contributed by atoms with Crippen LogP contribution in [-0.2, 0) is 9.59 Å². The smallest absolute Gasteiger partial charge is 0.137 e. The van der Waals surface area contributed by atoms with E-state index in [9.17, 15) is 9.59 Å². The SMILES string of the molecule is CCCCC1=C[C@]23[C@H](CC(=O)[C@@H]2[C@@H]1C)CC(=O)[C@@H]3C. The minimum Gasteiger partial charge on any atom is -0.299 e. The predicted molar refractivity (Wildman–Crippen MR) is 74.6 cm³/mol. The second-order valence-corrected chi connectivity index (χ2v) is 6.85. The summed E-state index contributed by atoms with van der Waals surface area (Å²) >= 11 is 0. The highest BCUT2D eigenvalue weighted by Crippen LogP contribution is 2.65. The van der Waals surface area contributed by atoms with Gasteiger partial charge in [-0.1, -0.05) is 38.8 Å². The number of ketones is 2. The first kappa shape index (κ1) is 13.1. The first-order valence-corrected chi connectivity index (χ1v) is 7.79. The van der Waals surface area contributed by atoms with E-state index >= 15 is 0 Å². The van der Waals surface area contributed by atoms with Gasteiger partial charge >= 0.3 is 0 Å². The Kier molecular flexibility index (Phi) is 2.95. The highest BCUT2D eigenvalue weighted by atomic mass is 16.1. The van der Waals surface area contributed by atoms with Crippen molar-refractivity contribution in [2.24, 2.45) is 29.1 Å². The minimum absolute atomic E-state index is 0.0514. The van der Waals surface area contributed by atoms with Gasteiger partial charge in [0.15, 0.2) is 0 Å². The van der Waals surface area contributed by atoms with E-state index in [1.807, 2.05) is 0 Å². The summed E-state index contributed by atoms with van der Waals surface area (Å²) in [5.74, 6) is 1.61. The molecule has 19 heavy (non-hydrogen) atoms. The molecule has 0 aromatic heterocycles. The fourth-order valence-corrected chi connectivity index (χ4v) is 5.04. The summed E-state index contributed by atoms with van der Waals surface area (Å²) in [4.78, 5) is 24.5. The standard InChI is InChI=1S/C17H24O2/c1-4-5-6-12-9-17-11(3)14(18)7-13(17)8-15(19)16(17)10(12)2/h9-11,13,16H,4-8H2,1-3H3/t10-,11+,13+,16+,17+/m1/s1. The van der Waals surface area contributed by atoms with Gasteiger partial charge in [0, 0.05) is 30.1 Å². The van der Waals surface area contributed by atoms with Gasteiger partial charge in [-0.25, -0.2) is 0 Å². The maximum Gasteiger partial charge on any atom is 0.137 e. The van der Waals surface area contributed by atoms with E-state index in [1.165, 1.54) is 18.4 Å². The second-order valence-electron chi connectivity index (χ2n) is 6.85. The Hall–Kier alpha value is -0.920. The molecule has 3 aliphatic rings. The normalized spacial score (nSPS) is 44.5. The molecule has 104 valence electrons. The fourth-order valence-electron chi connectivity index (χ4n) is 5.04. The molecule has 2 heteroatoms. The Morgan fingerprint density at radius 3 is 2.58 bits per heavy atom. The molecule has 0 aliphatic heterocycles. The Morgan fingerprint density at radius 1 is 1.21 bits per heavy atom. The molecule has 0 unspecified atom stereocenters. The molecule has 0 saturated heterocycles. The van der Waals surface area contributed by atoms with Crippen LogP contribution in [0, 0.1) is 29.1 Å². The number of carbonyl (C=O) groups excluding carboxylic acids is 2. The molecule has 3 aliphatic carbocycles. The van der Waals surface area contributed by atoms with E-state index in [2.05, 4.69) is 26.8 Å². The van der Waals surface area contributed by atoms with Gasteiger partial charge in [-0.2, -0.15) is 0 Å². The number of hydrogen-bond acceptors (Lipinski definition) is 2. The van der Waals surface area contributed by atoms with Crippen molar-refractivity contribution in [3.05, 3.63) is 11.6 Å². The first-order chi connectivity index (χ1) is 9.02. The van der Waals surface area contributed by atoms with Crippen LogP contribution >= 0.6 is 0 Å². The van der Waals surface area contributed by atoms with Gasteiger partial charge in [-0.15, -0.1) is 0 Å². The second kappa shape index (κ2) is 4.29. The van der Waals surface area contributed by atoms with Crippen molar-refractivity contribution in [2.75, 3.05) is 0 Å². The molecule has 0 heterocycles. The van der Waals surface area contributed by atoms with Gasteiger partial charge < -0.3 is 0 Å². The number of carbonyl (C=O) groups is 2. The van der Waals surface area contributed by atoms with Crippen LogP contribution in [0.25, 0.3) is 0 Å². The minimum atomic E-state index is -0.101. The van der Waals surface area contributed by atoms with Crippen molar-refractivity contribution >= 4 is 11.6 Å². The third kappa shape index (κ3) is 1.55. The summed E-state index contributed by atoms with van der Waals surface area (Å²) in [6.07, 6.45) is 7.14. The largest absolute Gasteiger partial charge is 0.299 e. The van der Waals surface area contributed by atoms with Crippen LogP contribution in [0.2, 0.25) is 0 Å². The van der Waals surface area contributed by atoms with Crippen molar-refractivity contribution in [3.8, 4) is 0 Å². The molecule has 0 radical (unpaired) electrons. The van der Waals surface area contributed by atoms with Crippen molar-refractivity contribution in [1.82, 2.24) is 0 Å². The molecular formula is C17H24O2. The van der Waals surface area contributed by atoms with Crippen LogP contribution in [0.3, 0.4) is 0 Å². The van der Waals surface area contributed by atoms with Gasteiger partial charge in [0.1, 0.15) is 11.6 Å². The highest BCUT2D eigenvalue weighted by Gasteiger charge is 2.65. The summed E-state index contributed by atoms with van der Waals surface area (Å²) in [5.41, 5.74) is 1.35. The molecular weight excluding hydrogens is 236 g/mol. The summed E-state index contributed by atoms with van der Waals surface area (Å²) in [7, 11) is 0. The van der Waals surface area contributed by atoms with E-state index in [0.717, 1.165) is 6.42 Å². The lowest BCUT2D eigenvalue weighted by molar-refractivity contribution is -0.126. The van der Waals surface area contributed by atoms with Crippen LogP contribution in [0.4, 0.5) is 0 Å². The van der Waals surface area contributed by atoms with E-state index < -0.39 is 0 Å². The Balaban J connectivity index is 2.00. The molecule has 0 aromatic carbocycles. The number of rotatable bonds is 3. The van der Waals surface area contributed by atoms with Gasteiger partial charge in [0.2, 0.25) is 0 Å². The highest BCUT2D eigenvalue weighted by molar-refractivity contribution is 5.94. The quantitative estimate of drug-likeness (QED) is 0.727. The van der Waals surface area contributed by atoms with Crippen molar-refractivity contribution in [3.63, 3.8) is 0 Å². The Morgan fingerprint density at radius 2 is 1.89 bits per heavy atom. The Bertz CT molecular complexity index is 462. The van der Waals surface area contributed by atoms with E-state index in [-0.39, 0.29) is 17.3 Å². The number of Topliss-reactive ketones (excluding diaryl/α,β-unsaturated/α-hetero) is 2. The van der Waals surface area contributed by atoms with Crippen LogP contribution in [0.5, 0.6) is 0 Å². The van der Waals surface area contributed by atoms with E-state index in [4.69, 9.17) is 0 Å². The topological polar surface area (TPSA) is 34.1 Å². The van der Waals surface area contributed by atoms with Gasteiger partial charge in [-0.3, -0.25) is 9.59 Å². The number of unbranched alkanes of at least 4 members (excludes halogenated alkanes) is 1. The summed E-state index contributed by atoms with van der Waals surface area (Å²) < 4.78 is 0. The van der Waals surface area contributed by atoms with Crippen LogP contribution < -0.4 is 0 Å². The summed E-state index contributed by atoms with van der Waals surface area (Å²) in [5, 5.41) is 0. The van der Waals surface area contributed by atoms with Crippen LogP contribution in [-0.4, -0.2) is 11.6 Å². The molecule has 5 atom stereocenters. The molecule has 2 nitrogen and oxygen atoms in total. The molecule has 0 aromatic rings. The average Bonchev–Trinajstić information content (AvgIpc) is 2.89. The molecule has 2 saturated carbocycles. The van der Waals surface area contributed by atoms with Gasteiger partial charge in [-0.05, 0) is 24.7 Å². The molecule has 0 N–H and O–H groups in total. The predicted octanol–water partition coefficient (Wildman–Crippen LogP) is 3.55. The van der Waals surface area contributed by atoms with Crippen molar-refractivity contribution < 1.29 is 9.59 Å². The van der Waals surface area contributed by atoms with Crippen molar-refractivity contribution in [1.29, 1.82) is 0 Å². The lowest BCUT2D eigenvalue weighted by Crippen LogP contribution is -2.34. The van der Waals surface area contributed by atoms with E-state index in [0.29, 0.717) is 36.2 Å². The molecule has 1 spiro atoms. The van der Waals surface area contributed by atoms with Crippen molar-refractivity contribution in [2.45, 2.75) is 52.9 Å². The lowest BCUT2D eigenvalue weighted by atomic mass is 9.69. The van der Waals surface area contributed by atoms with Crippen LogP contribution in [0.1, 0.15) is 52.9 Å². The van der Waals surface area contributed by atoms with E-state index in [1.54, 1.807) is 0 Å². The average molecular weight is 260 g/mol. The molecule has 0 amide bonds. The third-order valence-electron chi connectivity index (χ3n) is 6.06. The maximum atomic E-state index is 12.4. The first-order valence-electron chi connectivity index (χ1n) is 7.79. The monoisotopic (exact) mass is 260 g/mol. The molecule has 2 fully saturated rings. The number of allylic oxidation sites excluding steroid dienone is 2. The zero-order valence-electron chi connectivity index (χ0n) is 12.2. The summed E-state index contributed by atoms with van der Waals surface area (Å²) in [6.45, 7) is 6.46. The molecule has 0 bridgehead atoms. The molecule has 3 rings (SSSR count). The summed E-state index contributed by atoms with van der Waals surface area (Å²) in [6, 6.07) is 0. The zero-order valence-corrected chi connectivity index (χ0v) is 12.2. The number of hydrogen-bond donors (Lipinski definition) is 0. The van der Waals surface area contributed by atoms with Gasteiger partial charge in [0.05, 0.1) is 0 Å². The third-order valence-corrected chi connectivity index (χ3v) is 6.06. The lowest BCUT2D eigenvalue weighted by Gasteiger charge is -2.32. The van der Waals surface area contributed by atoms with Gasteiger partial charge in [0.25, 0.3) is 0 Å². The maximum absolute atomic E-state index is 12.4. The fraction of sp³-hybridized carbons (Fsp3) is 0.765. The van der Waals surface area contributed by atoms with Crippen LogP contribution in [0.15, 0.2) is 11.6 Å². The Labute approximate surface area is 115 Å². The zero-order chi connectivity index (χ0) is 13.8.